The Morgan fingerprint density at radius 2 is 1.03 bits per heavy atom. The summed E-state index contributed by atoms with van der Waals surface area (Å²) in [6.45, 7) is 15.0. The minimum absolute atomic E-state index is 0.176. The first-order chi connectivity index (χ1) is 16.0. The molecule has 0 amide bonds. The van der Waals surface area contributed by atoms with Crippen LogP contribution in [-0.4, -0.2) is 33.2 Å². The summed E-state index contributed by atoms with van der Waals surface area (Å²) in [5.41, 5.74) is 2.52. The summed E-state index contributed by atoms with van der Waals surface area (Å²) in [6.07, 6.45) is 5.96. The van der Waals surface area contributed by atoms with Crippen molar-refractivity contribution < 1.29 is 29.7 Å². The van der Waals surface area contributed by atoms with Gasteiger partial charge in [0.15, 0.2) is 0 Å². The number of hydrogen-bond acceptors (Lipinski definition) is 4. The van der Waals surface area contributed by atoms with E-state index >= 15 is 0 Å². The quantitative estimate of drug-likeness (QED) is 0.381. The van der Waals surface area contributed by atoms with Gasteiger partial charge in [0.05, 0.1) is 6.07 Å². The van der Waals surface area contributed by atoms with Gasteiger partial charge >= 0.3 is 17.9 Å². The average Bonchev–Trinajstić information content (AvgIpc) is 2.85. The molecule has 2 aromatic carbocycles. The molecule has 2 rings (SSSR count). The van der Waals surface area contributed by atoms with Gasteiger partial charge in [0.2, 0.25) is 0 Å². The fraction of sp³-hybridized carbons (Fsp3) is 0.0370. The lowest BCUT2D eigenvalue weighted by Crippen LogP contribution is -1.92. The molecule has 7 nitrogen and oxygen atoms in total. The molecule has 7 heteroatoms. The van der Waals surface area contributed by atoms with E-state index in [1.54, 1.807) is 6.07 Å². The molecule has 0 aromatic heterocycles. The first kappa shape index (κ1) is 33.7. The monoisotopic (exact) mass is 463 g/mol. The fourth-order valence-electron chi connectivity index (χ4n) is 1.32. The summed E-state index contributed by atoms with van der Waals surface area (Å²) in [7, 11) is 0. The van der Waals surface area contributed by atoms with Crippen molar-refractivity contribution in [1.29, 1.82) is 5.26 Å². The molecule has 0 bridgehead atoms. The number of allylic oxidation sites excluding steroid dienone is 1. The second-order valence-corrected chi connectivity index (χ2v) is 5.66. The largest absolute Gasteiger partial charge is 0.478 e. The Labute approximate surface area is 200 Å². The van der Waals surface area contributed by atoms with E-state index in [4.69, 9.17) is 20.6 Å². The van der Waals surface area contributed by atoms with E-state index in [0.717, 1.165) is 0 Å². The van der Waals surface area contributed by atoms with E-state index in [9.17, 15) is 14.4 Å². The van der Waals surface area contributed by atoms with Gasteiger partial charge in [0.1, 0.15) is 0 Å². The lowest BCUT2D eigenvalue weighted by molar-refractivity contribution is -0.134. The fourth-order valence-corrected chi connectivity index (χ4v) is 1.32. The lowest BCUT2D eigenvalue weighted by Gasteiger charge is -1.85. The Morgan fingerprint density at radius 3 is 1.15 bits per heavy atom. The number of carboxylic acids is 3. The molecule has 2 aromatic rings. The Morgan fingerprint density at radius 1 is 0.765 bits per heavy atom. The van der Waals surface area contributed by atoms with Gasteiger partial charge in [-0.25, -0.2) is 14.4 Å². The van der Waals surface area contributed by atoms with E-state index < -0.39 is 17.9 Å². The topological polar surface area (TPSA) is 136 Å². The minimum Gasteiger partial charge on any atom is -0.478 e. The number of carbonyl (C=O) groups is 3. The third-order valence-electron chi connectivity index (χ3n) is 2.90. The molecule has 0 spiro atoms. The standard InChI is InChI=1S/2C8H8.C4H4O4.C4H6O2.C3H3N/c2*1-2-8-6-4-3-5-7-8;5-3(6)1-2-4(7)8;1-3(2)4(5)6;1-2-3-4/h2*2-7H,1H2;1-2H,(H,5,6)(H,7,8);1H2,2H3,(H,5,6);2H,1H2. The molecule has 0 atom stereocenters. The summed E-state index contributed by atoms with van der Waals surface area (Å²) in [6, 6.07) is 21.8. The number of benzene rings is 2. The van der Waals surface area contributed by atoms with E-state index in [-0.39, 0.29) is 5.57 Å². The highest BCUT2D eigenvalue weighted by Gasteiger charge is 1.90. The highest BCUT2D eigenvalue weighted by molar-refractivity contribution is 5.89. The Kier molecular flexibility index (Phi) is 24.1. The zero-order valence-electron chi connectivity index (χ0n) is 19.0. The molecular weight excluding hydrogens is 434 g/mol. The van der Waals surface area contributed by atoms with Crippen LogP contribution >= 0.6 is 0 Å². The third-order valence-corrected chi connectivity index (χ3v) is 2.90. The second kappa shape index (κ2) is 24.3. The number of rotatable bonds is 5. The van der Waals surface area contributed by atoms with Crippen LogP contribution < -0.4 is 0 Å². The van der Waals surface area contributed by atoms with Crippen molar-refractivity contribution in [3.63, 3.8) is 0 Å². The Balaban J connectivity index is -0.000000361. The van der Waals surface area contributed by atoms with Crippen molar-refractivity contribution in [1.82, 2.24) is 0 Å². The van der Waals surface area contributed by atoms with Gasteiger partial charge < -0.3 is 15.3 Å². The molecule has 178 valence electrons. The van der Waals surface area contributed by atoms with Gasteiger partial charge in [-0.15, -0.1) is 0 Å². The number of hydrogen-bond donors (Lipinski definition) is 3. The van der Waals surface area contributed by atoms with Crippen LogP contribution in [0, 0.1) is 11.3 Å². The molecule has 0 saturated carbocycles. The van der Waals surface area contributed by atoms with E-state index in [1.165, 1.54) is 24.1 Å². The molecule has 0 saturated heterocycles. The highest BCUT2D eigenvalue weighted by Crippen LogP contribution is 1.98. The molecule has 0 aliphatic carbocycles. The maximum Gasteiger partial charge on any atom is 0.330 e. The van der Waals surface area contributed by atoms with Gasteiger partial charge in [-0.3, -0.25) is 0 Å². The summed E-state index contributed by atoms with van der Waals surface area (Å²) < 4.78 is 0. The van der Waals surface area contributed by atoms with Crippen LogP contribution in [-0.2, 0) is 14.4 Å². The van der Waals surface area contributed by atoms with Crippen LogP contribution in [0.5, 0.6) is 0 Å². The van der Waals surface area contributed by atoms with Crippen molar-refractivity contribution >= 4 is 30.1 Å². The van der Waals surface area contributed by atoms with E-state index in [1.807, 2.05) is 72.8 Å². The third kappa shape index (κ3) is 29.2. The average molecular weight is 464 g/mol. The smallest absolute Gasteiger partial charge is 0.330 e. The molecule has 0 aliphatic heterocycles. The zero-order valence-corrected chi connectivity index (χ0v) is 19.0. The van der Waals surface area contributed by atoms with Crippen molar-refractivity contribution in [2.24, 2.45) is 0 Å². The first-order valence-corrected chi connectivity index (χ1v) is 9.43. The molecular formula is C27H29NO6. The highest BCUT2D eigenvalue weighted by atomic mass is 16.4. The van der Waals surface area contributed by atoms with E-state index in [2.05, 4.69) is 26.3 Å². The van der Waals surface area contributed by atoms with Gasteiger partial charge in [-0.05, 0) is 18.1 Å². The van der Waals surface area contributed by atoms with Crippen LogP contribution in [0.1, 0.15) is 18.1 Å². The van der Waals surface area contributed by atoms with Crippen LogP contribution in [0.25, 0.3) is 12.2 Å². The summed E-state index contributed by atoms with van der Waals surface area (Å²) in [5, 5.41) is 31.0. The van der Waals surface area contributed by atoms with E-state index in [0.29, 0.717) is 12.2 Å². The number of nitrogens with zero attached hydrogens (tertiary/aromatic N) is 1. The van der Waals surface area contributed by atoms with Gasteiger partial charge in [-0.2, -0.15) is 5.26 Å². The molecule has 0 radical (unpaired) electrons. The maximum atomic E-state index is 9.60. The normalized spacial score (nSPS) is 8.00. The molecule has 0 aliphatic rings. The van der Waals surface area contributed by atoms with Crippen LogP contribution in [0.2, 0.25) is 0 Å². The Bertz CT molecular complexity index is 900. The van der Waals surface area contributed by atoms with Gasteiger partial charge in [-0.1, -0.05) is 99.1 Å². The maximum absolute atomic E-state index is 9.60. The van der Waals surface area contributed by atoms with Crippen molar-refractivity contribution in [2.75, 3.05) is 0 Å². The summed E-state index contributed by atoms with van der Waals surface area (Å²) in [4.78, 5) is 28.7. The van der Waals surface area contributed by atoms with Crippen LogP contribution in [0.15, 0.2) is 111 Å². The lowest BCUT2D eigenvalue weighted by atomic mass is 10.2. The molecule has 3 N–H and O–H groups in total. The summed E-state index contributed by atoms with van der Waals surface area (Å²) >= 11 is 0. The summed E-state index contributed by atoms with van der Waals surface area (Å²) in [5.74, 6) is -3.45. The van der Waals surface area contributed by atoms with Crippen molar-refractivity contribution in [2.45, 2.75) is 6.92 Å². The predicted molar refractivity (Wildman–Crippen MR) is 136 cm³/mol. The van der Waals surface area contributed by atoms with Crippen LogP contribution in [0.4, 0.5) is 0 Å². The first-order valence-electron chi connectivity index (χ1n) is 9.43. The molecule has 0 unspecified atom stereocenters. The molecule has 0 fully saturated rings. The second-order valence-electron chi connectivity index (χ2n) is 5.66. The van der Waals surface area contributed by atoms with Gasteiger partial charge in [0.25, 0.3) is 0 Å². The minimum atomic E-state index is -1.26. The molecule has 0 heterocycles. The number of carboxylic acid groups (broad SMARTS) is 3. The van der Waals surface area contributed by atoms with Crippen molar-refractivity contribution in [3.8, 4) is 6.07 Å². The van der Waals surface area contributed by atoms with Gasteiger partial charge in [0, 0.05) is 23.8 Å². The zero-order chi connectivity index (χ0) is 26.8. The predicted octanol–water partition coefficient (Wildman–Crippen LogP) is 5.71. The van der Waals surface area contributed by atoms with Crippen molar-refractivity contribution in [3.05, 3.63) is 122 Å². The van der Waals surface area contributed by atoms with Crippen LogP contribution in [0.3, 0.4) is 0 Å². The molecule has 34 heavy (non-hydrogen) atoms. The number of aliphatic carboxylic acids is 3. The number of nitriles is 1. The Hall–Kier alpha value is -4.96. The SMILES string of the molecule is C=C(C)C(=O)O.C=CC#N.C=Cc1ccccc1.C=Cc1ccccc1.O=C(O)C=CC(=O)O.